The van der Waals surface area contributed by atoms with Crippen molar-refractivity contribution < 1.29 is 19.5 Å². The Hall–Kier alpha value is -2.47. The Kier molecular flexibility index (Phi) is 3.60. The summed E-state index contributed by atoms with van der Waals surface area (Å²) in [4.78, 5) is 39.3. The maximum absolute atomic E-state index is 12.3. The van der Waals surface area contributed by atoms with Gasteiger partial charge >= 0.3 is 5.97 Å². The van der Waals surface area contributed by atoms with E-state index < -0.39 is 5.97 Å². The fourth-order valence-corrected chi connectivity index (χ4v) is 5.16. The minimum absolute atomic E-state index is 0.0819. The third-order valence-electron chi connectivity index (χ3n) is 5.34. The first-order valence-electron chi connectivity index (χ1n) is 8.54. The zero-order chi connectivity index (χ0) is 18.8. The molecule has 2 heterocycles. The number of carbonyl (C=O) groups is 3. The van der Waals surface area contributed by atoms with Gasteiger partial charge in [-0.3, -0.25) is 14.5 Å². The average molecular weight is 369 g/mol. The molecule has 0 unspecified atom stereocenters. The molecule has 0 radical (unpaired) electrons. The first-order chi connectivity index (χ1) is 12.2. The van der Waals surface area contributed by atoms with Crippen molar-refractivity contribution in [2.75, 3.05) is 7.05 Å². The highest BCUT2D eigenvalue weighted by atomic mass is 32.1. The molecule has 1 aliphatic heterocycles. The molecule has 5 nitrogen and oxygen atoms in total. The third-order valence-corrected chi connectivity index (χ3v) is 6.68. The minimum Gasteiger partial charge on any atom is -0.478 e. The van der Waals surface area contributed by atoms with E-state index in [1.807, 2.05) is 0 Å². The number of amides is 2. The van der Waals surface area contributed by atoms with Crippen LogP contribution in [-0.2, 0) is 12.8 Å². The van der Waals surface area contributed by atoms with Gasteiger partial charge in [-0.15, -0.1) is 11.3 Å². The Morgan fingerprint density at radius 1 is 1.19 bits per heavy atom. The number of carboxylic acid groups (broad SMARTS) is 1. The molecule has 2 aliphatic rings. The highest BCUT2D eigenvalue weighted by Gasteiger charge is 2.35. The molecule has 0 saturated heterocycles. The number of aryl methyl sites for hydroxylation is 1. The predicted molar refractivity (Wildman–Crippen MR) is 98.9 cm³/mol. The summed E-state index contributed by atoms with van der Waals surface area (Å²) >= 11 is 1.50. The SMILES string of the molecule is CN1C(=O)c2ccc(-c3sc4c(c3C(=O)O)CC(C)(C)CC4)cc2C1=O. The van der Waals surface area contributed by atoms with Crippen molar-refractivity contribution in [3.8, 4) is 10.4 Å². The lowest BCUT2D eigenvalue weighted by atomic mass is 9.76. The summed E-state index contributed by atoms with van der Waals surface area (Å²) in [5, 5.41) is 9.85. The number of aromatic carboxylic acids is 1. The Balaban J connectivity index is 1.88. The van der Waals surface area contributed by atoms with E-state index in [0.717, 1.165) is 34.6 Å². The summed E-state index contributed by atoms with van der Waals surface area (Å²) in [6.45, 7) is 4.32. The van der Waals surface area contributed by atoms with Gasteiger partial charge in [0.25, 0.3) is 11.8 Å². The highest BCUT2D eigenvalue weighted by Crippen LogP contribution is 2.45. The summed E-state index contributed by atoms with van der Waals surface area (Å²) in [6, 6.07) is 5.04. The molecule has 0 saturated carbocycles. The lowest BCUT2D eigenvalue weighted by Gasteiger charge is -2.29. The van der Waals surface area contributed by atoms with E-state index in [1.165, 1.54) is 18.4 Å². The van der Waals surface area contributed by atoms with Crippen LogP contribution in [0.4, 0.5) is 0 Å². The fourth-order valence-electron chi connectivity index (χ4n) is 3.85. The minimum atomic E-state index is -0.935. The molecule has 26 heavy (non-hydrogen) atoms. The Bertz CT molecular complexity index is 986. The zero-order valence-corrected chi connectivity index (χ0v) is 15.7. The number of hydrogen-bond donors (Lipinski definition) is 1. The van der Waals surface area contributed by atoms with Crippen molar-refractivity contribution in [3.05, 3.63) is 45.3 Å². The van der Waals surface area contributed by atoms with E-state index in [4.69, 9.17) is 0 Å². The predicted octanol–water partition coefficient (Wildman–Crippen LogP) is 3.85. The van der Waals surface area contributed by atoms with Crippen LogP contribution in [0.2, 0.25) is 0 Å². The second-order valence-electron chi connectivity index (χ2n) is 7.78. The molecule has 1 aromatic heterocycles. The molecule has 0 bridgehead atoms. The summed E-state index contributed by atoms with van der Waals surface area (Å²) in [5.74, 6) is -1.59. The molecule has 0 spiro atoms. The number of carboxylic acids is 1. The highest BCUT2D eigenvalue weighted by molar-refractivity contribution is 7.16. The summed E-state index contributed by atoms with van der Waals surface area (Å²) in [6.07, 6.45) is 2.64. The average Bonchev–Trinajstić information content (AvgIpc) is 3.05. The molecule has 0 atom stereocenters. The van der Waals surface area contributed by atoms with Gasteiger partial charge in [0.15, 0.2) is 0 Å². The Morgan fingerprint density at radius 2 is 1.88 bits per heavy atom. The topological polar surface area (TPSA) is 74.7 Å². The van der Waals surface area contributed by atoms with Crippen LogP contribution >= 0.6 is 11.3 Å². The van der Waals surface area contributed by atoms with Crippen molar-refractivity contribution in [1.29, 1.82) is 0 Å². The summed E-state index contributed by atoms with van der Waals surface area (Å²) in [5.41, 5.74) is 2.77. The molecular formula is C20H19NO4S. The number of carbonyl (C=O) groups excluding carboxylic acids is 2. The van der Waals surface area contributed by atoms with Crippen molar-refractivity contribution in [2.24, 2.45) is 5.41 Å². The number of hydrogen-bond acceptors (Lipinski definition) is 4. The Morgan fingerprint density at radius 3 is 2.58 bits per heavy atom. The monoisotopic (exact) mass is 369 g/mol. The quantitative estimate of drug-likeness (QED) is 0.816. The smallest absolute Gasteiger partial charge is 0.337 e. The number of fused-ring (bicyclic) bond motifs is 2. The van der Waals surface area contributed by atoms with Gasteiger partial charge in [0.05, 0.1) is 16.7 Å². The van der Waals surface area contributed by atoms with Gasteiger partial charge in [-0.1, -0.05) is 19.9 Å². The largest absolute Gasteiger partial charge is 0.478 e. The van der Waals surface area contributed by atoms with E-state index in [-0.39, 0.29) is 17.2 Å². The molecule has 0 fully saturated rings. The van der Waals surface area contributed by atoms with Gasteiger partial charge in [0.2, 0.25) is 0 Å². The fraction of sp³-hybridized carbons (Fsp3) is 0.350. The second kappa shape index (κ2) is 5.51. The van der Waals surface area contributed by atoms with Crippen molar-refractivity contribution in [1.82, 2.24) is 4.90 Å². The number of benzene rings is 1. The molecule has 4 rings (SSSR count). The molecule has 1 aliphatic carbocycles. The molecule has 1 aromatic carbocycles. The van der Waals surface area contributed by atoms with Crippen molar-refractivity contribution >= 4 is 29.1 Å². The molecule has 2 amide bonds. The van der Waals surface area contributed by atoms with Gasteiger partial charge < -0.3 is 5.11 Å². The molecular weight excluding hydrogens is 350 g/mol. The standard InChI is InChI=1S/C20H19NO4S/c1-20(2)7-6-14-13(9-20)15(19(24)25)16(26-14)10-4-5-11-12(8-10)18(23)21(3)17(11)22/h4-5,8H,6-7,9H2,1-3H3,(H,24,25). The Labute approximate surface area is 155 Å². The number of rotatable bonds is 2. The van der Waals surface area contributed by atoms with Gasteiger partial charge in [0.1, 0.15) is 0 Å². The van der Waals surface area contributed by atoms with Crippen LogP contribution < -0.4 is 0 Å². The number of imide groups is 1. The van der Waals surface area contributed by atoms with Crippen LogP contribution in [0.5, 0.6) is 0 Å². The van der Waals surface area contributed by atoms with Gasteiger partial charge in [-0.25, -0.2) is 4.79 Å². The van der Waals surface area contributed by atoms with E-state index in [2.05, 4.69) is 13.8 Å². The van der Waals surface area contributed by atoms with E-state index in [9.17, 15) is 19.5 Å². The van der Waals surface area contributed by atoms with Crippen LogP contribution in [0.25, 0.3) is 10.4 Å². The molecule has 134 valence electrons. The number of nitrogens with zero attached hydrogens (tertiary/aromatic N) is 1. The van der Waals surface area contributed by atoms with Gasteiger partial charge in [0, 0.05) is 16.8 Å². The maximum Gasteiger partial charge on any atom is 0.337 e. The zero-order valence-electron chi connectivity index (χ0n) is 14.9. The van der Waals surface area contributed by atoms with Crippen LogP contribution in [0.1, 0.15) is 61.8 Å². The number of thiophene rings is 1. The first kappa shape index (κ1) is 17.0. The van der Waals surface area contributed by atoms with Crippen molar-refractivity contribution in [2.45, 2.75) is 33.1 Å². The maximum atomic E-state index is 12.3. The van der Waals surface area contributed by atoms with Gasteiger partial charge in [-0.2, -0.15) is 0 Å². The van der Waals surface area contributed by atoms with Gasteiger partial charge in [-0.05, 0) is 47.9 Å². The summed E-state index contributed by atoms with van der Waals surface area (Å²) < 4.78 is 0. The summed E-state index contributed by atoms with van der Waals surface area (Å²) in [7, 11) is 1.46. The van der Waals surface area contributed by atoms with Crippen LogP contribution in [-0.4, -0.2) is 34.8 Å². The van der Waals surface area contributed by atoms with E-state index in [0.29, 0.717) is 27.1 Å². The molecule has 2 aromatic rings. The van der Waals surface area contributed by atoms with Crippen molar-refractivity contribution in [3.63, 3.8) is 0 Å². The van der Waals surface area contributed by atoms with E-state index in [1.54, 1.807) is 18.2 Å². The van der Waals surface area contributed by atoms with Crippen LogP contribution in [0.15, 0.2) is 18.2 Å². The van der Waals surface area contributed by atoms with E-state index >= 15 is 0 Å². The second-order valence-corrected chi connectivity index (χ2v) is 8.89. The molecule has 1 N–H and O–H groups in total. The lowest BCUT2D eigenvalue weighted by Crippen LogP contribution is -2.24. The first-order valence-corrected chi connectivity index (χ1v) is 9.36. The normalized spacial score (nSPS) is 18.0. The third kappa shape index (κ3) is 2.40. The molecule has 6 heteroatoms. The van der Waals surface area contributed by atoms with Crippen LogP contribution in [0, 0.1) is 5.41 Å². The van der Waals surface area contributed by atoms with Crippen LogP contribution in [0.3, 0.4) is 0 Å². The lowest BCUT2D eigenvalue weighted by molar-refractivity contribution is 0.0681.